The van der Waals surface area contributed by atoms with Crippen molar-refractivity contribution >= 4 is 11.8 Å². The number of ether oxygens (including phenoxy) is 1. The van der Waals surface area contributed by atoms with Crippen LogP contribution in [0.3, 0.4) is 0 Å². The predicted molar refractivity (Wildman–Crippen MR) is 63.0 cm³/mol. The summed E-state index contributed by atoms with van der Waals surface area (Å²) in [7, 11) is 0. The monoisotopic (exact) mass is 227 g/mol. The maximum absolute atomic E-state index is 8.51. The van der Waals surface area contributed by atoms with Crippen LogP contribution in [0.4, 0.5) is 0 Å². The highest BCUT2D eigenvalue weighted by Crippen LogP contribution is 2.18. The predicted octanol–water partition coefficient (Wildman–Crippen LogP) is 1.25. The molecule has 0 bridgehead atoms. The van der Waals surface area contributed by atoms with E-state index in [-0.39, 0.29) is 6.61 Å². The van der Waals surface area contributed by atoms with Gasteiger partial charge in [0.1, 0.15) is 0 Å². The van der Waals surface area contributed by atoms with Gasteiger partial charge in [0.05, 0.1) is 19.8 Å². The van der Waals surface area contributed by atoms with Crippen molar-refractivity contribution in [3.05, 3.63) is 29.8 Å². The lowest BCUT2D eigenvalue weighted by atomic mass is 10.2. The Labute approximate surface area is 94.6 Å². The number of hydrogen-bond donors (Lipinski definition) is 2. The average Bonchev–Trinajstić information content (AvgIpc) is 2.29. The van der Waals surface area contributed by atoms with Crippen LogP contribution < -0.4 is 5.73 Å². The third kappa shape index (κ3) is 5.18. The fourth-order valence-electron chi connectivity index (χ4n) is 1.15. The number of benzene rings is 1. The van der Waals surface area contributed by atoms with Crippen molar-refractivity contribution in [2.45, 2.75) is 11.4 Å². The highest BCUT2D eigenvalue weighted by Gasteiger charge is 1.95. The Bertz CT molecular complexity index is 281. The number of hydrogen-bond acceptors (Lipinski definition) is 4. The van der Waals surface area contributed by atoms with Gasteiger partial charge in [0.25, 0.3) is 0 Å². The van der Waals surface area contributed by atoms with Crippen molar-refractivity contribution in [2.24, 2.45) is 5.73 Å². The summed E-state index contributed by atoms with van der Waals surface area (Å²) in [4.78, 5) is 1.21. The summed E-state index contributed by atoms with van der Waals surface area (Å²) in [6.45, 7) is 1.75. The van der Waals surface area contributed by atoms with Crippen LogP contribution in [0.2, 0.25) is 0 Å². The Morgan fingerprint density at radius 2 is 2.20 bits per heavy atom. The maximum Gasteiger partial charge on any atom is 0.0698 e. The van der Waals surface area contributed by atoms with E-state index in [2.05, 4.69) is 12.1 Å². The van der Waals surface area contributed by atoms with Crippen molar-refractivity contribution in [2.75, 3.05) is 25.6 Å². The number of rotatable bonds is 7. The van der Waals surface area contributed by atoms with Gasteiger partial charge in [0.2, 0.25) is 0 Å². The van der Waals surface area contributed by atoms with E-state index in [1.54, 1.807) is 11.8 Å². The largest absolute Gasteiger partial charge is 0.394 e. The number of thioether (sulfide) groups is 1. The molecule has 4 heteroatoms. The summed E-state index contributed by atoms with van der Waals surface area (Å²) < 4.78 is 5.17. The lowest BCUT2D eigenvalue weighted by Gasteiger charge is -2.04. The Morgan fingerprint density at radius 3 is 2.93 bits per heavy atom. The van der Waals surface area contributed by atoms with Gasteiger partial charge >= 0.3 is 0 Å². The second-order valence-corrected chi connectivity index (χ2v) is 4.20. The van der Waals surface area contributed by atoms with Crippen LogP contribution in [0.15, 0.2) is 29.2 Å². The molecule has 0 aromatic heterocycles. The van der Waals surface area contributed by atoms with Crippen molar-refractivity contribution in [1.82, 2.24) is 0 Å². The molecule has 1 rings (SSSR count). The molecule has 0 saturated heterocycles. The van der Waals surface area contributed by atoms with E-state index in [0.717, 1.165) is 11.3 Å². The molecule has 15 heavy (non-hydrogen) atoms. The molecule has 0 atom stereocenters. The van der Waals surface area contributed by atoms with E-state index in [1.165, 1.54) is 4.90 Å². The van der Waals surface area contributed by atoms with Crippen LogP contribution >= 0.6 is 11.8 Å². The van der Waals surface area contributed by atoms with Gasteiger partial charge in [-0.15, -0.1) is 11.8 Å². The molecule has 1 aromatic carbocycles. The van der Waals surface area contributed by atoms with E-state index < -0.39 is 0 Å². The lowest BCUT2D eigenvalue weighted by molar-refractivity contribution is 0.103. The molecular weight excluding hydrogens is 210 g/mol. The van der Waals surface area contributed by atoms with Gasteiger partial charge < -0.3 is 15.6 Å². The van der Waals surface area contributed by atoms with Crippen molar-refractivity contribution in [3.8, 4) is 0 Å². The molecule has 0 radical (unpaired) electrons. The molecule has 0 aliphatic heterocycles. The summed E-state index contributed by atoms with van der Waals surface area (Å²) in [5.74, 6) is 0.897. The number of nitrogens with two attached hydrogens (primary N) is 1. The zero-order valence-corrected chi connectivity index (χ0v) is 9.50. The highest BCUT2D eigenvalue weighted by molar-refractivity contribution is 7.99. The SMILES string of the molecule is NCc1cccc(SCCOCCO)c1. The maximum atomic E-state index is 8.51. The number of aliphatic hydroxyl groups excluding tert-OH is 1. The minimum atomic E-state index is 0.0906. The highest BCUT2D eigenvalue weighted by atomic mass is 32.2. The van der Waals surface area contributed by atoms with E-state index in [4.69, 9.17) is 15.6 Å². The molecule has 0 saturated carbocycles. The second-order valence-electron chi connectivity index (χ2n) is 3.04. The summed E-state index contributed by atoms with van der Waals surface area (Å²) >= 11 is 1.74. The lowest BCUT2D eigenvalue weighted by Crippen LogP contribution is -2.02. The molecule has 3 nitrogen and oxygen atoms in total. The normalized spacial score (nSPS) is 10.5. The quantitative estimate of drug-likeness (QED) is 0.543. The van der Waals surface area contributed by atoms with Crippen LogP contribution in [0.5, 0.6) is 0 Å². The molecule has 0 fully saturated rings. The fourth-order valence-corrected chi connectivity index (χ4v) is 1.99. The molecule has 0 spiro atoms. The standard InChI is InChI=1S/C11H17NO2S/c12-9-10-2-1-3-11(8-10)15-7-6-14-5-4-13/h1-3,8,13H,4-7,9,12H2. The minimum Gasteiger partial charge on any atom is -0.394 e. The first kappa shape index (κ1) is 12.5. The van der Waals surface area contributed by atoms with E-state index >= 15 is 0 Å². The summed E-state index contributed by atoms with van der Waals surface area (Å²) in [6, 6.07) is 8.19. The molecule has 0 amide bonds. The number of aliphatic hydroxyl groups is 1. The van der Waals surface area contributed by atoms with Gasteiger partial charge in [-0.3, -0.25) is 0 Å². The second kappa shape index (κ2) is 7.70. The Hall–Kier alpha value is -0.550. The zero-order valence-electron chi connectivity index (χ0n) is 8.69. The molecule has 0 aliphatic rings. The molecule has 84 valence electrons. The van der Waals surface area contributed by atoms with Crippen LogP contribution in [0.1, 0.15) is 5.56 Å². The van der Waals surface area contributed by atoms with Crippen molar-refractivity contribution < 1.29 is 9.84 Å². The van der Waals surface area contributed by atoms with Crippen LogP contribution in [-0.4, -0.2) is 30.7 Å². The van der Waals surface area contributed by atoms with E-state index in [9.17, 15) is 0 Å². The molecule has 3 N–H and O–H groups in total. The van der Waals surface area contributed by atoms with Gasteiger partial charge in [-0.25, -0.2) is 0 Å². The zero-order chi connectivity index (χ0) is 10.9. The van der Waals surface area contributed by atoms with Crippen LogP contribution in [-0.2, 0) is 11.3 Å². The Morgan fingerprint density at radius 1 is 1.33 bits per heavy atom. The molecular formula is C11H17NO2S. The van der Waals surface area contributed by atoms with Crippen LogP contribution in [0, 0.1) is 0 Å². The van der Waals surface area contributed by atoms with E-state index in [0.29, 0.717) is 19.8 Å². The van der Waals surface area contributed by atoms with Crippen LogP contribution in [0.25, 0.3) is 0 Å². The van der Waals surface area contributed by atoms with Gasteiger partial charge in [0, 0.05) is 17.2 Å². The first-order valence-corrected chi connectivity index (χ1v) is 5.96. The Balaban J connectivity index is 2.24. The van der Waals surface area contributed by atoms with Gasteiger partial charge in [-0.05, 0) is 17.7 Å². The van der Waals surface area contributed by atoms with Crippen molar-refractivity contribution in [1.29, 1.82) is 0 Å². The van der Waals surface area contributed by atoms with Gasteiger partial charge in [0.15, 0.2) is 0 Å². The smallest absolute Gasteiger partial charge is 0.0698 e. The summed E-state index contributed by atoms with van der Waals surface area (Å²) in [5.41, 5.74) is 6.70. The average molecular weight is 227 g/mol. The summed E-state index contributed by atoms with van der Waals surface area (Å²) in [5, 5.41) is 8.51. The van der Waals surface area contributed by atoms with Crippen molar-refractivity contribution in [3.63, 3.8) is 0 Å². The molecule has 0 heterocycles. The third-order valence-corrected chi connectivity index (χ3v) is 2.82. The first-order chi connectivity index (χ1) is 7.36. The fraction of sp³-hybridized carbons (Fsp3) is 0.455. The molecule has 1 aromatic rings. The topological polar surface area (TPSA) is 55.5 Å². The van der Waals surface area contributed by atoms with Gasteiger partial charge in [-0.1, -0.05) is 12.1 Å². The molecule has 0 unspecified atom stereocenters. The minimum absolute atomic E-state index is 0.0906. The Kier molecular flexibility index (Phi) is 6.43. The van der Waals surface area contributed by atoms with E-state index in [1.807, 2.05) is 12.1 Å². The third-order valence-electron chi connectivity index (χ3n) is 1.87. The molecule has 0 aliphatic carbocycles. The first-order valence-electron chi connectivity index (χ1n) is 4.97. The summed E-state index contributed by atoms with van der Waals surface area (Å²) in [6.07, 6.45) is 0. The van der Waals surface area contributed by atoms with Gasteiger partial charge in [-0.2, -0.15) is 0 Å².